The Morgan fingerprint density at radius 3 is 3.05 bits per heavy atom. The first kappa shape index (κ1) is 13.2. The fraction of sp³-hybridized carbons (Fsp3) is 0.286. The fourth-order valence-corrected chi connectivity index (χ4v) is 1.82. The Morgan fingerprint density at radius 2 is 2.32 bits per heavy atom. The molecule has 0 spiro atoms. The molecule has 1 N–H and O–H groups in total. The van der Waals surface area contributed by atoms with E-state index in [4.69, 9.17) is 5.26 Å². The number of aromatic nitrogens is 2. The molecule has 2 rings (SSSR count). The minimum absolute atomic E-state index is 0.0745. The molecule has 4 nitrogen and oxygen atoms in total. The van der Waals surface area contributed by atoms with Crippen LogP contribution in [-0.4, -0.2) is 16.1 Å². The Morgan fingerprint density at radius 1 is 1.47 bits per heavy atom. The second kappa shape index (κ2) is 6.12. The molecule has 0 atom stereocenters. The lowest BCUT2D eigenvalue weighted by atomic mass is 10.1. The Labute approximate surface area is 111 Å². The van der Waals surface area contributed by atoms with Gasteiger partial charge >= 0.3 is 0 Å². The quantitative estimate of drug-likeness (QED) is 0.893. The first-order chi connectivity index (χ1) is 9.24. The molecule has 0 saturated heterocycles. The van der Waals surface area contributed by atoms with Crippen LogP contribution in [0.3, 0.4) is 0 Å². The van der Waals surface area contributed by atoms with Gasteiger partial charge in [-0.1, -0.05) is 19.1 Å². The second-order valence-corrected chi connectivity index (χ2v) is 4.21. The van der Waals surface area contributed by atoms with Crippen LogP contribution in [0.5, 0.6) is 0 Å². The van der Waals surface area contributed by atoms with Crippen LogP contribution in [0.25, 0.3) is 0 Å². The summed E-state index contributed by atoms with van der Waals surface area (Å²) in [5, 5.41) is 12.0. The van der Waals surface area contributed by atoms with Gasteiger partial charge in [0.2, 0.25) is 0 Å². The minimum Gasteiger partial charge on any atom is -0.333 e. The zero-order chi connectivity index (χ0) is 13.7. The first-order valence-electron chi connectivity index (χ1n) is 6.13. The number of hydrogen-bond donors (Lipinski definition) is 1. The average Bonchev–Trinajstić information content (AvgIpc) is 2.86. The highest BCUT2D eigenvalue weighted by molar-refractivity contribution is 5.35. The normalized spacial score (nSPS) is 10.4. The molecule has 0 aliphatic carbocycles. The van der Waals surface area contributed by atoms with Gasteiger partial charge in [-0.15, -0.1) is 0 Å². The van der Waals surface area contributed by atoms with Crippen molar-refractivity contribution in [2.24, 2.45) is 0 Å². The van der Waals surface area contributed by atoms with Gasteiger partial charge in [0.15, 0.2) is 0 Å². The van der Waals surface area contributed by atoms with Crippen molar-refractivity contribution in [1.82, 2.24) is 14.9 Å². The molecular formula is C14H15FN4. The van der Waals surface area contributed by atoms with Crippen molar-refractivity contribution in [2.75, 3.05) is 6.54 Å². The molecule has 2 aromatic rings. The zero-order valence-electron chi connectivity index (χ0n) is 10.7. The van der Waals surface area contributed by atoms with E-state index in [0.29, 0.717) is 18.7 Å². The van der Waals surface area contributed by atoms with Gasteiger partial charge in [0.1, 0.15) is 11.9 Å². The number of hydrogen-bond acceptors (Lipinski definition) is 3. The van der Waals surface area contributed by atoms with Gasteiger partial charge in [-0.3, -0.25) is 0 Å². The third-order valence-corrected chi connectivity index (χ3v) is 2.79. The molecule has 0 saturated carbocycles. The summed E-state index contributed by atoms with van der Waals surface area (Å²) < 4.78 is 15.7. The van der Waals surface area contributed by atoms with Crippen LogP contribution in [0.2, 0.25) is 0 Å². The summed E-state index contributed by atoms with van der Waals surface area (Å²) in [5.74, 6) is -0.452. The van der Waals surface area contributed by atoms with Gasteiger partial charge in [-0.05, 0) is 12.6 Å². The SMILES string of the molecule is CCNCc1cn(Cc2cccc(C#N)c2F)cn1. The molecule has 0 aliphatic rings. The molecule has 19 heavy (non-hydrogen) atoms. The highest BCUT2D eigenvalue weighted by Gasteiger charge is 2.08. The Bertz CT molecular complexity index is 598. The molecule has 1 heterocycles. The molecular weight excluding hydrogens is 243 g/mol. The molecule has 1 aromatic carbocycles. The van der Waals surface area contributed by atoms with Gasteiger partial charge in [0.25, 0.3) is 0 Å². The largest absolute Gasteiger partial charge is 0.333 e. The monoisotopic (exact) mass is 258 g/mol. The molecule has 0 radical (unpaired) electrons. The van der Waals surface area contributed by atoms with Crippen LogP contribution < -0.4 is 5.32 Å². The van der Waals surface area contributed by atoms with Gasteiger partial charge < -0.3 is 9.88 Å². The van der Waals surface area contributed by atoms with E-state index in [0.717, 1.165) is 12.2 Å². The molecule has 0 unspecified atom stereocenters. The van der Waals surface area contributed by atoms with E-state index in [1.807, 2.05) is 23.8 Å². The van der Waals surface area contributed by atoms with Crippen LogP contribution in [-0.2, 0) is 13.1 Å². The van der Waals surface area contributed by atoms with Gasteiger partial charge in [-0.2, -0.15) is 5.26 Å². The summed E-state index contributed by atoms with van der Waals surface area (Å²) >= 11 is 0. The fourth-order valence-electron chi connectivity index (χ4n) is 1.82. The maximum atomic E-state index is 13.9. The van der Waals surface area contributed by atoms with Crippen molar-refractivity contribution < 1.29 is 4.39 Å². The summed E-state index contributed by atoms with van der Waals surface area (Å²) in [7, 11) is 0. The molecule has 0 bridgehead atoms. The van der Waals surface area contributed by atoms with Crippen LogP contribution in [0, 0.1) is 17.1 Å². The van der Waals surface area contributed by atoms with E-state index in [1.54, 1.807) is 18.5 Å². The number of benzene rings is 1. The zero-order valence-corrected chi connectivity index (χ0v) is 10.7. The number of nitrogens with one attached hydrogen (secondary N) is 1. The molecule has 0 amide bonds. The van der Waals surface area contributed by atoms with Crippen LogP contribution >= 0.6 is 0 Å². The van der Waals surface area contributed by atoms with Gasteiger partial charge in [-0.25, -0.2) is 9.37 Å². The second-order valence-electron chi connectivity index (χ2n) is 4.21. The van der Waals surface area contributed by atoms with Crippen LogP contribution in [0.4, 0.5) is 4.39 Å². The number of nitrogens with zero attached hydrogens (tertiary/aromatic N) is 3. The van der Waals surface area contributed by atoms with Crippen molar-refractivity contribution in [1.29, 1.82) is 5.26 Å². The standard InChI is InChI=1S/C14H15FN4/c1-2-17-7-13-9-19(10-18-13)8-12-5-3-4-11(6-16)14(12)15/h3-5,9-10,17H,2,7-8H2,1H3. The van der Waals surface area contributed by atoms with Crippen molar-refractivity contribution in [3.63, 3.8) is 0 Å². The highest BCUT2D eigenvalue weighted by atomic mass is 19.1. The summed E-state index contributed by atoms with van der Waals surface area (Å²) in [6.45, 7) is 3.98. The van der Waals surface area contributed by atoms with Crippen molar-refractivity contribution in [3.05, 3.63) is 53.4 Å². The third kappa shape index (κ3) is 3.18. The smallest absolute Gasteiger partial charge is 0.145 e. The predicted molar refractivity (Wildman–Crippen MR) is 69.8 cm³/mol. The van der Waals surface area contributed by atoms with Crippen molar-refractivity contribution >= 4 is 0 Å². The molecule has 0 aliphatic heterocycles. The van der Waals surface area contributed by atoms with E-state index in [1.165, 1.54) is 6.07 Å². The Kier molecular flexibility index (Phi) is 4.26. The Balaban J connectivity index is 2.13. The molecule has 5 heteroatoms. The number of nitriles is 1. The van der Waals surface area contributed by atoms with E-state index in [-0.39, 0.29) is 5.56 Å². The molecule has 0 fully saturated rings. The van der Waals surface area contributed by atoms with E-state index < -0.39 is 5.82 Å². The maximum Gasteiger partial charge on any atom is 0.145 e. The lowest BCUT2D eigenvalue weighted by molar-refractivity contribution is 0.595. The average molecular weight is 258 g/mol. The third-order valence-electron chi connectivity index (χ3n) is 2.79. The minimum atomic E-state index is -0.452. The van der Waals surface area contributed by atoms with E-state index in [9.17, 15) is 4.39 Å². The maximum absolute atomic E-state index is 13.9. The number of imidazole rings is 1. The van der Waals surface area contributed by atoms with Gasteiger partial charge in [0, 0.05) is 18.3 Å². The lowest BCUT2D eigenvalue weighted by Gasteiger charge is -2.05. The number of halogens is 1. The lowest BCUT2D eigenvalue weighted by Crippen LogP contribution is -2.11. The summed E-state index contributed by atoms with van der Waals surface area (Å²) in [6.07, 6.45) is 3.55. The Hall–Kier alpha value is -2.19. The summed E-state index contributed by atoms with van der Waals surface area (Å²) in [5.41, 5.74) is 1.48. The summed E-state index contributed by atoms with van der Waals surface area (Å²) in [4.78, 5) is 4.24. The van der Waals surface area contributed by atoms with Crippen molar-refractivity contribution in [2.45, 2.75) is 20.0 Å². The molecule has 98 valence electrons. The first-order valence-corrected chi connectivity index (χ1v) is 6.13. The number of rotatable bonds is 5. The van der Waals surface area contributed by atoms with E-state index >= 15 is 0 Å². The topological polar surface area (TPSA) is 53.6 Å². The van der Waals surface area contributed by atoms with Crippen LogP contribution in [0.1, 0.15) is 23.7 Å². The summed E-state index contributed by atoms with van der Waals surface area (Å²) in [6, 6.07) is 6.69. The van der Waals surface area contributed by atoms with Crippen molar-refractivity contribution in [3.8, 4) is 6.07 Å². The molecule has 1 aromatic heterocycles. The highest BCUT2D eigenvalue weighted by Crippen LogP contribution is 2.13. The van der Waals surface area contributed by atoms with Gasteiger partial charge in [0.05, 0.1) is 24.1 Å². The van der Waals surface area contributed by atoms with E-state index in [2.05, 4.69) is 10.3 Å². The van der Waals surface area contributed by atoms with Crippen LogP contribution in [0.15, 0.2) is 30.7 Å². The predicted octanol–water partition coefficient (Wildman–Crippen LogP) is 2.05.